The van der Waals surface area contributed by atoms with Crippen LogP contribution in [0.15, 0.2) is 48.6 Å². The van der Waals surface area contributed by atoms with Crippen LogP contribution in [0.3, 0.4) is 0 Å². The van der Waals surface area contributed by atoms with Crippen molar-refractivity contribution in [3.8, 4) is 0 Å². The molecule has 0 aliphatic carbocycles. The van der Waals surface area contributed by atoms with Crippen LogP contribution in [0.4, 0.5) is 0 Å². The van der Waals surface area contributed by atoms with Crippen LogP contribution in [-0.2, 0) is 28.6 Å². The van der Waals surface area contributed by atoms with Gasteiger partial charge in [0, 0.05) is 19.3 Å². The van der Waals surface area contributed by atoms with Crippen LogP contribution in [0.1, 0.15) is 200 Å². The normalized spacial score (nSPS) is 13.3. The smallest absolute Gasteiger partial charge is 0.306 e. The molecule has 8 nitrogen and oxygen atoms in total. The van der Waals surface area contributed by atoms with Crippen LogP contribution >= 0.6 is 0 Å². The summed E-state index contributed by atoms with van der Waals surface area (Å²) in [4.78, 5) is 36.9. The number of aliphatic carboxylic acids is 1. The third-order valence-corrected chi connectivity index (χ3v) is 10.5. The van der Waals surface area contributed by atoms with Crippen LogP contribution < -0.4 is 5.11 Å². The summed E-state index contributed by atoms with van der Waals surface area (Å²) in [6.45, 7) is 4.61. The van der Waals surface area contributed by atoms with Crippen molar-refractivity contribution < 1.29 is 38.2 Å². The van der Waals surface area contributed by atoms with Crippen molar-refractivity contribution in [1.82, 2.24) is 0 Å². The summed E-state index contributed by atoms with van der Waals surface area (Å²) < 4.78 is 17.2. The highest BCUT2D eigenvalue weighted by Gasteiger charge is 2.25. The fourth-order valence-electron chi connectivity index (χ4n) is 6.76. The molecule has 0 aromatic rings. The third-order valence-electron chi connectivity index (χ3n) is 10.5. The molecular weight excluding hydrogens is 727 g/mol. The molecule has 2 atom stereocenters. The van der Waals surface area contributed by atoms with Gasteiger partial charge in [0.1, 0.15) is 12.6 Å². The summed E-state index contributed by atoms with van der Waals surface area (Å²) in [6, 6.07) is -0.733. The minimum Gasteiger partial charge on any atom is -0.544 e. The molecule has 0 fully saturated rings. The molecule has 0 rings (SSSR count). The number of rotatable bonds is 42. The van der Waals surface area contributed by atoms with E-state index < -0.39 is 18.1 Å². The van der Waals surface area contributed by atoms with Crippen molar-refractivity contribution in [2.75, 3.05) is 41.0 Å². The second kappa shape index (κ2) is 41.0. The van der Waals surface area contributed by atoms with Crippen molar-refractivity contribution >= 4 is 17.9 Å². The Labute approximate surface area is 356 Å². The van der Waals surface area contributed by atoms with Gasteiger partial charge in [0.25, 0.3) is 0 Å². The number of allylic oxidation sites excluding steroid dienone is 8. The number of carbonyl (C=O) groups is 3. The lowest BCUT2D eigenvalue weighted by molar-refractivity contribution is -0.889. The zero-order chi connectivity index (χ0) is 42.8. The van der Waals surface area contributed by atoms with Gasteiger partial charge in [-0.25, -0.2) is 0 Å². The fourth-order valence-corrected chi connectivity index (χ4v) is 6.76. The molecule has 0 aromatic heterocycles. The fraction of sp³-hybridized carbons (Fsp3) is 0.780. The molecule has 0 amide bonds. The molecule has 0 aliphatic heterocycles. The number of ether oxygens (including phenoxy) is 3. The summed E-state index contributed by atoms with van der Waals surface area (Å²) in [5, 5.41) is 11.6. The highest BCUT2D eigenvalue weighted by molar-refractivity contribution is 5.70. The number of hydrogen-bond acceptors (Lipinski definition) is 7. The van der Waals surface area contributed by atoms with Gasteiger partial charge >= 0.3 is 11.9 Å². The Hall–Kier alpha value is -2.71. The first-order chi connectivity index (χ1) is 28.1. The third kappa shape index (κ3) is 38.8. The van der Waals surface area contributed by atoms with E-state index in [0.717, 1.165) is 77.0 Å². The Bertz CT molecular complexity index is 1090. The van der Waals surface area contributed by atoms with Crippen LogP contribution in [0.2, 0.25) is 0 Å². The lowest BCUT2D eigenvalue weighted by atomic mass is 10.1. The first-order valence-corrected chi connectivity index (χ1v) is 23.7. The van der Waals surface area contributed by atoms with Crippen molar-refractivity contribution in [1.29, 1.82) is 0 Å². The zero-order valence-electron chi connectivity index (χ0n) is 38.2. The number of likely N-dealkylation sites (N-methyl/N-ethyl adjacent to an activating group) is 1. The topological polar surface area (TPSA) is 102 Å². The molecule has 0 aromatic carbocycles. The monoisotopic (exact) mass is 816 g/mol. The average molecular weight is 816 g/mol. The van der Waals surface area contributed by atoms with Gasteiger partial charge in [0.05, 0.1) is 40.3 Å². The predicted molar refractivity (Wildman–Crippen MR) is 240 cm³/mol. The van der Waals surface area contributed by atoms with Gasteiger partial charge in [-0.2, -0.15) is 0 Å². The molecule has 336 valence electrons. The van der Waals surface area contributed by atoms with Crippen LogP contribution in [0.5, 0.6) is 0 Å². The molecule has 0 saturated carbocycles. The first-order valence-electron chi connectivity index (χ1n) is 23.7. The number of nitrogens with zero attached hydrogens (tertiary/aromatic N) is 1. The SMILES string of the molecule is CCCCCCCCC/C=C/C=C/CCCCCCCC(=O)OC(COCCC(C(=O)[O-])[N+](C)(C)C)COC(=O)CCCCC/C=C/C=C/CCCCCCCCC. The second-order valence-corrected chi connectivity index (χ2v) is 17.0. The number of hydrogen-bond donors (Lipinski definition) is 0. The number of unbranched alkanes of at least 4 members (excludes halogenated alkanes) is 22. The second-order valence-electron chi connectivity index (χ2n) is 17.0. The van der Waals surface area contributed by atoms with Gasteiger partial charge in [0.2, 0.25) is 0 Å². The van der Waals surface area contributed by atoms with Crippen LogP contribution in [0, 0.1) is 0 Å². The quantitative estimate of drug-likeness (QED) is 0.0262. The Morgan fingerprint density at radius 2 is 0.897 bits per heavy atom. The Balaban J connectivity index is 4.39. The van der Waals surface area contributed by atoms with Crippen molar-refractivity contribution in [3.63, 3.8) is 0 Å². The van der Waals surface area contributed by atoms with E-state index in [-0.39, 0.29) is 42.7 Å². The largest absolute Gasteiger partial charge is 0.544 e. The molecule has 58 heavy (non-hydrogen) atoms. The van der Waals surface area contributed by atoms with E-state index in [0.29, 0.717) is 12.8 Å². The van der Waals surface area contributed by atoms with Gasteiger partial charge in [0.15, 0.2) is 6.10 Å². The van der Waals surface area contributed by atoms with Gasteiger partial charge in [-0.1, -0.05) is 165 Å². The Kier molecular flexibility index (Phi) is 39.1. The molecule has 0 saturated heterocycles. The van der Waals surface area contributed by atoms with Crippen molar-refractivity contribution in [3.05, 3.63) is 48.6 Å². The molecular formula is C50H89NO7. The Morgan fingerprint density at radius 1 is 0.517 bits per heavy atom. The summed E-state index contributed by atoms with van der Waals surface area (Å²) in [5.41, 5.74) is 0. The minimum atomic E-state index is -1.13. The number of carboxylic acid groups (broad SMARTS) is 1. The number of esters is 2. The zero-order valence-corrected chi connectivity index (χ0v) is 38.2. The summed E-state index contributed by atoms with van der Waals surface area (Å²) in [7, 11) is 5.39. The summed E-state index contributed by atoms with van der Waals surface area (Å²) in [5.74, 6) is -1.79. The molecule has 0 radical (unpaired) electrons. The van der Waals surface area contributed by atoms with E-state index >= 15 is 0 Å². The molecule has 0 aliphatic rings. The number of carboxylic acids is 1. The lowest BCUT2D eigenvalue weighted by Crippen LogP contribution is -2.55. The van der Waals surface area contributed by atoms with E-state index in [2.05, 4.69) is 62.5 Å². The van der Waals surface area contributed by atoms with E-state index in [1.807, 2.05) is 0 Å². The average Bonchev–Trinajstić information content (AvgIpc) is 3.18. The van der Waals surface area contributed by atoms with Gasteiger partial charge < -0.3 is 28.6 Å². The highest BCUT2D eigenvalue weighted by atomic mass is 16.6. The number of quaternary nitrogens is 1. The lowest BCUT2D eigenvalue weighted by Gasteiger charge is -2.34. The molecule has 8 heteroatoms. The van der Waals surface area contributed by atoms with Crippen LogP contribution in [-0.4, -0.2) is 75.5 Å². The molecule has 0 spiro atoms. The summed E-state index contributed by atoms with van der Waals surface area (Å²) in [6.07, 6.45) is 48.5. The maximum absolute atomic E-state index is 12.7. The molecule has 0 N–H and O–H groups in total. The van der Waals surface area contributed by atoms with E-state index in [4.69, 9.17) is 14.2 Å². The van der Waals surface area contributed by atoms with Gasteiger partial charge in [-0.15, -0.1) is 0 Å². The predicted octanol–water partition coefficient (Wildman–Crippen LogP) is 11.9. The molecule has 0 heterocycles. The van der Waals surface area contributed by atoms with Gasteiger partial charge in [-0.3, -0.25) is 9.59 Å². The maximum atomic E-state index is 12.7. The van der Waals surface area contributed by atoms with Gasteiger partial charge in [-0.05, 0) is 64.2 Å². The number of carbonyl (C=O) groups excluding carboxylic acids is 3. The van der Waals surface area contributed by atoms with E-state index in [1.54, 1.807) is 21.1 Å². The van der Waals surface area contributed by atoms with Crippen LogP contribution in [0.25, 0.3) is 0 Å². The summed E-state index contributed by atoms with van der Waals surface area (Å²) >= 11 is 0. The standard InChI is InChI=1S/C50H89NO7/c1-6-8-10-12-14-16-18-20-22-24-25-27-29-31-33-35-37-39-41-49(53)58-46(44-56-43-42-47(50(54)55)51(3,4)5)45-57-48(52)40-38-36-34-32-30-28-26-23-21-19-17-15-13-11-9-7-2/h22-28,30,46-47H,6-21,29,31-45H2,1-5H3/b24-22+,26-23+,27-25+,30-28+. The van der Waals surface area contributed by atoms with Crippen molar-refractivity contribution in [2.45, 2.75) is 212 Å². The Morgan fingerprint density at radius 3 is 1.31 bits per heavy atom. The maximum Gasteiger partial charge on any atom is 0.306 e. The van der Waals surface area contributed by atoms with Crippen molar-refractivity contribution in [2.24, 2.45) is 0 Å². The van der Waals surface area contributed by atoms with E-state index in [1.165, 1.54) is 89.9 Å². The first kappa shape index (κ1) is 55.3. The minimum absolute atomic E-state index is 0.0254. The molecule has 0 bridgehead atoms. The van der Waals surface area contributed by atoms with E-state index in [9.17, 15) is 19.5 Å². The molecule has 2 unspecified atom stereocenters. The highest BCUT2D eigenvalue weighted by Crippen LogP contribution is 2.13.